The predicted molar refractivity (Wildman–Crippen MR) is 144 cm³/mol. The molecule has 0 spiro atoms. The van der Waals surface area contributed by atoms with Crippen LogP contribution in [0.4, 0.5) is 5.13 Å². The van der Waals surface area contributed by atoms with E-state index in [1.807, 2.05) is 24.3 Å². The van der Waals surface area contributed by atoms with Crippen LogP contribution in [0.5, 0.6) is 0 Å². The highest BCUT2D eigenvalue weighted by Gasteiger charge is 2.37. The molecular formula is C27H27ClN2O6S2. The maximum absolute atomic E-state index is 13.5. The number of aryl methyl sites for hydroxylation is 1. The third-order valence-electron chi connectivity index (χ3n) is 6.59. The number of ether oxygens (including phenoxy) is 2. The van der Waals surface area contributed by atoms with Gasteiger partial charge in [0.1, 0.15) is 4.34 Å². The Bertz CT molecular complexity index is 1450. The maximum atomic E-state index is 13.5. The number of carbonyl (C=O) groups is 2. The van der Waals surface area contributed by atoms with E-state index in [4.69, 9.17) is 21.1 Å². The summed E-state index contributed by atoms with van der Waals surface area (Å²) in [7, 11) is -3.36. The molecule has 1 fully saturated rings. The number of amides is 1. The van der Waals surface area contributed by atoms with Gasteiger partial charge in [-0.1, -0.05) is 59.3 Å². The number of fused-ring (bicyclic) bond motifs is 1. The van der Waals surface area contributed by atoms with Crippen molar-refractivity contribution in [2.75, 3.05) is 11.9 Å². The number of aromatic nitrogens is 1. The van der Waals surface area contributed by atoms with Gasteiger partial charge in [-0.25, -0.2) is 13.4 Å². The zero-order valence-corrected chi connectivity index (χ0v) is 23.1. The average Bonchev–Trinajstić information content (AvgIpc) is 3.61. The van der Waals surface area contributed by atoms with Gasteiger partial charge in [0.25, 0.3) is 5.91 Å². The summed E-state index contributed by atoms with van der Waals surface area (Å²) in [5.74, 6) is -0.930. The van der Waals surface area contributed by atoms with E-state index in [-0.39, 0.29) is 38.7 Å². The maximum Gasteiger partial charge on any atom is 0.311 e. The van der Waals surface area contributed by atoms with Crippen molar-refractivity contribution >= 4 is 49.8 Å². The number of nitrogens with zero attached hydrogens (tertiary/aromatic N) is 1. The van der Waals surface area contributed by atoms with Gasteiger partial charge in [-0.05, 0) is 61.4 Å². The van der Waals surface area contributed by atoms with Gasteiger partial charge in [0.15, 0.2) is 21.1 Å². The second-order valence-electron chi connectivity index (χ2n) is 9.27. The van der Waals surface area contributed by atoms with Crippen LogP contribution in [0.3, 0.4) is 0 Å². The summed E-state index contributed by atoms with van der Waals surface area (Å²) < 4.78 is 36.9. The lowest BCUT2D eigenvalue weighted by molar-refractivity contribution is -0.142. The summed E-state index contributed by atoms with van der Waals surface area (Å²) in [6.07, 6.45) is 1.49. The Labute approximate surface area is 230 Å². The second kappa shape index (κ2) is 11.1. The minimum absolute atomic E-state index is 0.102. The number of carbonyl (C=O) groups excluding carboxylic acids is 2. The molecule has 0 saturated heterocycles. The number of hydrogen-bond donors (Lipinski definition) is 1. The fraction of sp³-hybridized carbons (Fsp3) is 0.370. The molecule has 1 N–H and O–H groups in total. The van der Waals surface area contributed by atoms with Gasteiger partial charge in [-0.3, -0.25) is 14.9 Å². The molecule has 1 saturated carbocycles. The van der Waals surface area contributed by atoms with Crippen LogP contribution in [0.2, 0.25) is 4.34 Å². The van der Waals surface area contributed by atoms with Crippen molar-refractivity contribution in [3.63, 3.8) is 0 Å². The van der Waals surface area contributed by atoms with Crippen LogP contribution in [-0.2, 0) is 41.7 Å². The van der Waals surface area contributed by atoms with Crippen LogP contribution >= 0.6 is 22.9 Å². The molecule has 38 heavy (non-hydrogen) atoms. The Kier molecular flexibility index (Phi) is 7.85. The lowest BCUT2D eigenvalue weighted by Crippen LogP contribution is -2.25. The number of nitrogens with one attached hydrogen (secondary N) is 1. The lowest BCUT2D eigenvalue weighted by Gasteiger charge is -2.22. The van der Waals surface area contributed by atoms with E-state index in [0.29, 0.717) is 24.1 Å². The standard InChI is InChI=1S/C27H27ClN2O6S2/c1-2-35-23(31)15-21-25(28)37-27(29-21)30-26(32)24(36-22-14-9-16-5-3-4-6-20(16)22)17-7-10-18(11-8-17)38(33,34)19-12-13-19/h3-8,10-11,19,22,24H,2,9,12-15H2,1H3,(H,29,30,32). The summed E-state index contributed by atoms with van der Waals surface area (Å²) in [5, 5.41) is 2.67. The van der Waals surface area contributed by atoms with E-state index in [1.54, 1.807) is 19.1 Å². The molecule has 200 valence electrons. The van der Waals surface area contributed by atoms with Crippen LogP contribution in [0.25, 0.3) is 0 Å². The first-order valence-corrected chi connectivity index (χ1v) is 15.2. The van der Waals surface area contributed by atoms with E-state index in [9.17, 15) is 18.0 Å². The topological polar surface area (TPSA) is 112 Å². The molecule has 0 aliphatic heterocycles. The number of thiazole rings is 1. The van der Waals surface area contributed by atoms with Crippen molar-refractivity contribution < 1.29 is 27.5 Å². The largest absolute Gasteiger partial charge is 0.466 e. The van der Waals surface area contributed by atoms with Crippen LogP contribution in [0.15, 0.2) is 53.4 Å². The first-order chi connectivity index (χ1) is 18.3. The van der Waals surface area contributed by atoms with Gasteiger partial charge >= 0.3 is 5.97 Å². The number of benzene rings is 2. The molecule has 0 radical (unpaired) electrons. The molecule has 11 heteroatoms. The van der Waals surface area contributed by atoms with E-state index in [0.717, 1.165) is 29.7 Å². The summed E-state index contributed by atoms with van der Waals surface area (Å²) in [6, 6.07) is 14.3. The Morgan fingerprint density at radius 1 is 1.13 bits per heavy atom. The van der Waals surface area contributed by atoms with Gasteiger partial charge in [0, 0.05) is 0 Å². The molecule has 1 heterocycles. The summed E-state index contributed by atoms with van der Waals surface area (Å²) in [5.41, 5.74) is 3.06. The number of rotatable bonds is 10. The molecule has 1 amide bonds. The molecule has 8 nitrogen and oxygen atoms in total. The number of sulfone groups is 1. The first kappa shape index (κ1) is 26.8. The van der Waals surface area contributed by atoms with Crippen LogP contribution in [0, 0.1) is 0 Å². The van der Waals surface area contributed by atoms with Crippen molar-refractivity contribution in [1.82, 2.24) is 4.98 Å². The number of hydrogen-bond acceptors (Lipinski definition) is 8. The van der Waals surface area contributed by atoms with Gasteiger partial charge < -0.3 is 9.47 Å². The Balaban J connectivity index is 1.39. The predicted octanol–water partition coefficient (Wildman–Crippen LogP) is 5.22. The highest BCUT2D eigenvalue weighted by atomic mass is 35.5. The van der Waals surface area contributed by atoms with Crippen LogP contribution < -0.4 is 5.32 Å². The summed E-state index contributed by atoms with van der Waals surface area (Å²) in [4.78, 5) is 29.9. The van der Waals surface area contributed by atoms with Gasteiger partial charge in [0.2, 0.25) is 0 Å². The fourth-order valence-electron chi connectivity index (χ4n) is 4.53. The number of halogens is 1. The quantitative estimate of drug-likeness (QED) is 0.330. The van der Waals surface area contributed by atoms with E-state index in [2.05, 4.69) is 10.3 Å². The minimum atomic E-state index is -3.36. The van der Waals surface area contributed by atoms with Crippen molar-refractivity contribution in [1.29, 1.82) is 0 Å². The van der Waals surface area contributed by atoms with Gasteiger partial charge in [-0.2, -0.15) is 0 Å². The average molecular weight is 575 g/mol. The highest BCUT2D eigenvalue weighted by molar-refractivity contribution is 7.92. The molecule has 2 aromatic carbocycles. The van der Waals surface area contributed by atoms with Crippen molar-refractivity contribution in [3.05, 3.63) is 75.3 Å². The van der Waals surface area contributed by atoms with Crippen LogP contribution in [-0.4, -0.2) is 37.1 Å². The summed E-state index contributed by atoms with van der Waals surface area (Å²) in [6.45, 7) is 1.96. The molecule has 2 unspecified atom stereocenters. The fourth-order valence-corrected chi connectivity index (χ4v) is 7.23. The summed E-state index contributed by atoms with van der Waals surface area (Å²) >= 11 is 7.30. The van der Waals surface area contributed by atoms with Crippen LogP contribution in [0.1, 0.15) is 60.8 Å². The van der Waals surface area contributed by atoms with E-state index in [1.165, 1.54) is 17.7 Å². The second-order valence-corrected chi connectivity index (χ2v) is 13.1. The zero-order chi connectivity index (χ0) is 26.9. The third kappa shape index (κ3) is 5.78. The molecular weight excluding hydrogens is 548 g/mol. The molecule has 2 atom stereocenters. The minimum Gasteiger partial charge on any atom is -0.466 e. The normalized spacial score (nSPS) is 17.6. The van der Waals surface area contributed by atoms with Crippen molar-refractivity contribution in [2.24, 2.45) is 0 Å². The number of anilines is 1. The first-order valence-electron chi connectivity index (χ1n) is 12.4. The molecule has 3 aromatic rings. The van der Waals surface area contributed by atoms with E-state index < -0.39 is 27.8 Å². The zero-order valence-electron chi connectivity index (χ0n) is 20.7. The van der Waals surface area contributed by atoms with Crippen molar-refractivity contribution in [3.8, 4) is 0 Å². The molecule has 2 aliphatic rings. The lowest BCUT2D eigenvalue weighted by atomic mass is 10.1. The SMILES string of the molecule is CCOC(=O)Cc1nc(NC(=O)C(OC2CCc3ccccc32)c2ccc(S(=O)(=O)C3CC3)cc2)sc1Cl. The number of esters is 1. The Hall–Kier alpha value is -2.79. The van der Waals surface area contributed by atoms with Gasteiger partial charge in [-0.15, -0.1) is 0 Å². The molecule has 2 aliphatic carbocycles. The van der Waals surface area contributed by atoms with Crippen molar-refractivity contribution in [2.45, 2.75) is 61.4 Å². The third-order valence-corrected chi connectivity index (χ3v) is 10.1. The highest BCUT2D eigenvalue weighted by Crippen LogP contribution is 2.39. The van der Waals surface area contributed by atoms with Gasteiger partial charge in [0.05, 0.1) is 35.0 Å². The molecule has 5 rings (SSSR count). The van der Waals surface area contributed by atoms with E-state index >= 15 is 0 Å². The molecule has 0 bridgehead atoms. The Morgan fingerprint density at radius 2 is 1.87 bits per heavy atom. The monoisotopic (exact) mass is 574 g/mol. The Morgan fingerprint density at radius 3 is 2.58 bits per heavy atom. The molecule has 1 aromatic heterocycles. The smallest absolute Gasteiger partial charge is 0.311 e.